The summed E-state index contributed by atoms with van der Waals surface area (Å²) < 4.78 is 29.2. The third-order valence-electron chi connectivity index (χ3n) is 8.23. The van der Waals surface area contributed by atoms with Crippen molar-refractivity contribution in [1.29, 1.82) is 0 Å². The van der Waals surface area contributed by atoms with Crippen molar-refractivity contribution in [2.75, 3.05) is 12.8 Å². The molecule has 6 heteroatoms. The van der Waals surface area contributed by atoms with Crippen LogP contribution in [0.5, 0.6) is 0 Å². The van der Waals surface area contributed by atoms with Crippen molar-refractivity contribution in [1.82, 2.24) is 9.62 Å². The average Bonchev–Trinajstić information content (AvgIpc) is 2.77. The van der Waals surface area contributed by atoms with E-state index in [4.69, 9.17) is 0 Å². The first-order valence-corrected chi connectivity index (χ1v) is 11.6. The van der Waals surface area contributed by atoms with Gasteiger partial charge >= 0.3 is 0 Å². The zero-order valence-corrected chi connectivity index (χ0v) is 18.3. The molecule has 0 aromatic carbocycles. The van der Waals surface area contributed by atoms with E-state index in [1.54, 1.807) is 0 Å². The van der Waals surface area contributed by atoms with Gasteiger partial charge in [-0.05, 0) is 71.8 Å². The molecule has 2 atom stereocenters. The fourth-order valence-corrected chi connectivity index (χ4v) is 8.27. The van der Waals surface area contributed by atoms with Crippen LogP contribution in [0.15, 0.2) is 0 Å². The van der Waals surface area contributed by atoms with Gasteiger partial charge in [-0.25, -0.2) is 13.1 Å². The van der Waals surface area contributed by atoms with Crippen molar-refractivity contribution in [3.05, 3.63) is 0 Å². The number of nitrogens with zero attached hydrogens (tertiary/aromatic N) is 1. The molecule has 3 aliphatic rings. The number of nitrogens with one attached hydrogen (secondary N) is 1. The normalized spacial score (nSPS) is 36.6. The van der Waals surface area contributed by atoms with Gasteiger partial charge in [0, 0.05) is 29.0 Å². The van der Waals surface area contributed by atoms with E-state index in [0.717, 1.165) is 25.7 Å². The fourth-order valence-electron chi connectivity index (χ4n) is 6.18. The maximum absolute atomic E-state index is 13.1. The second-order valence-corrected chi connectivity index (χ2v) is 12.6. The van der Waals surface area contributed by atoms with Crippen LogP contribution in [0, 0.1) is 16.7 Å². The van der Waals surface area contributed by atoms with Crippen molar-refractivity contribution in [3.63, 3.8) is 0 Å². The lowest BCUT2D eigenvalue weighted by Crippen LogP contribution is -2.63. The van der Waals surface area contributed by atoms with Crippen molar-refractivity contribution >= 4 is 15.8 Å². The van der Waals surface area contributed by atoms with Crippen LogP contribution in [0.4, 0.5) is 0 Å². The maximum atomic E-state index is 13.1. The molecule has 1 N–H and O–H groups in total. The molecule has 2 aliphatic carbocycles. The Hall–Kier alpha value is -0.460. The molecule has 0 aromatic rings. The SMILES string of the molecule is CN1C(C)(C)CC(NS(=O)(=O)CC23CCC(CC2=O)C3(C)C)CC1(C)C. The molecule has 1 saturated heterocycles. The van der Waals surface area contributed by atoms with Crippen molar-refractivity contribution in [2.45, 2.75) is 90.8 Å². The third-order valence-corrected chi connectivity index (χ3v) is 9.79. The Morgan fingerprint density at radius 2 is 1.62 bits per heavy atom. The number of carbonyl (C=O) groups excluding carboxylic acids is 1. The van der Waals surface area contributed by atoms with E-state index in [0.29, 0.717) is 12.3 Å². The highest BCUT2D eigenvalue weighted by Crippen LogP contribution is 2.64. The first kappa shape index (κ1) is 20.3. The van der Waals surface area contributed by atoms with Crippen LogP contribution in [-0.4, -0.2) is 49.0 Å². The van der Waals surface area contributed by atoms with Gasteiger partial charge < -0.3 is 0 Å². The summed E-state index contributed by atoms with van der Waals surface area (Å²) in [4.78, 5) is 15.0. The summed E-state index contributed by atoms with van der Waals surface area (Å²) in [5.74, 6) is 0.453. The Balaban J connectivity index is 1.79. The van der Waals surface area contributed by atoms with Crippen LogP contribution in [0.1, 0.15) is 73.6 Å². The lowest BCUT2D eigenvalue weighted by atomic mass is 9.70. The van der Waals surface area contributed by atoms with E-state index in [9.17, 15) is 13.2 Å². The maximum Gasteiger partial charge on any atom is 0.212 e. The van der Waals surface area contributed by atoms with Crippen LogP contribution >= 0.6 is 0 Å². The number of fused-ring (bicyclic) bond motifs is 2. The molecule has 0 spiro atoms. The van der Waals surface area contributed by atoms with Gasteiger partial charge in [0.15, 0.2) is 0 Å². The molecule has 2 bridgehead atoms. The standard InChI is InChI=1S/C20H36N2O3S/c1-17(2)11-15(12-18(3,4)22(17)7)21-26(24,25)13-20-9-8-14(10-16(20)23)19(20,5)6/h14-15,21H,8-13H2,1-7H3. The zero-order chi connectivity index (χ0) is 19.8. The van der Waals surface area contributed by atoms with E-state index in [-0.39, 0.29) is 34.1 Å². The van der Waals surface area contributed by atoms with Crippen LogP contribution < -0.4 is 4.72 Å². The van der Waals surface area contributed by atoms with Gasteiger partial charge in [-0.15, -0.1) is 0 Å². The van der Waals surface area contributed by atoms with Gasteiger partial charge in [0.1, 0.15) is 5.78 Å². The number of piperidine rings is 1. The van der Waals surface area contributed by atoms with Gasteiger partial charge in [0.25, 0.3) is 0 Å². The molecule has 0 aromatic heterocycles. The number of Topliss-reactive ketones (excluding diaryl/α,β-unsaturated/α-hetero) is 1. The molecule has 5 nitrogen and oxygen atoms in total. The number of hydrogen-bond donors (Lipinski definition) is 1. The lowest BCUT2D eigenvalue weighted by molar-refractivity contribution is -0.128. The minimum Gasteiger partial charge on any atom is -0.299 e. The quantitative estimate of drug-likeness (QED) is 0.809. The van der Waals surface area contributed by atoms with Gasteiger partial charge in [-0.3, -0.25) is 9.69 Å². The van der Waals surface area contributed by atoms with E-state index < -0.39 is 15.4 Å². The Kier molecular flexibility index (Phi) is 4.50. The van der Waals surface area contributed by atoms with Crippen molar-refractivity contribution in [3.8, 4) is 0 Å². The lowest BCUT2D eigenvalue weighted by Gasteiger charge is -2.53. The second kappa shape index (κ2) is 5.77. The predicted octanol–water partition coefficient (Wildman–Crippen LogP) is 2.95. The highest BCUT2D eigenvalue weighted by molar-refractivity contribution is 7.89. The van der Waals surface area contributed by atoms with Crippen LogP contribution in [0.25, 0.3) is 0 Å². The smallest absolute Gasteiger partial charge is 0.212 e. The Bertz CT molecular complexity index is 693. The number of carbonyl (C=O) groups is 1. The largest absolute Gasteiger partial charge is 0.299 e. The highest BCUT2D eigenvalue weighted by Gasteiger charge is 2.65. The summed E-state index contributed by atoms with van der Waals surface area (Å²) >= 11 is 0. The minimum absolute atomic E-state index is 0.0461. The van der Waals surface area contributed by atoms with Crippen LogP contribution in [0.3, 0.4) is 0 Å². The molecular weight excluding hydrogens is 348 g/mol. The zero-order valence-electron chi connectivity index (χ0n) is 17.5. The first-order valence-electron chi connectivity index (χ1n) is 9.90. The molecule has 2 saturated carbocycles. The summed E-state index contributed by atoms with van der Waals surface area (Å²) in [6.45, 7) is 12.8. The average molecular weight is 385 g/mol. The number of hydrogen-bond acceptors (Lipinski definition) is 4. The summed E-state index contributed by atoms with van der Waals surface area (Å²) in [6, 6.07) is -0.0885. The highest BCUT2D eigenvalue weighted by atomic mass is 32.2. The Morgan fingerprint density at radius 3 is 2.04 bits per heavy atom. The summed E-state index contributed by atoms with van der Waals surface area (Å²) in [7, 11) is -1.41. The molecular formula is C20H36N2O3S. The Labute approximate surface area is 159 Å². The van der Waals surface area contributed by atoms with Gasteiger partial charge in [0.05, 0.1) is 5.75 Å². The molecule has 1 aliphatic heterocycles. The molecule has 2 unspecified atom stereocenters. The topological polar surface area (TPSA) is 66.5 Å². The number of sulfonamides is 1. The summed E-state index contributed by atoms with van der Waals surface area (Å²) in [6.07, 6.45) is 3.80. The van der Waals surface area contributed by atoms with Gasteiger partial charge in [0.2, 0.25) is 10.0 Å². The molecule has 26 heavy (non-hydrogen) atoms. The van der Waals surface area contributed by atoms with Crippen LogP contribution in [0.2, 0.25) is 0 Å². The summed E-state index contributed by atoms with van der Waals surface area (Å²) in [5, 5.41) is 0. The summed E-state index contributed by atoms with van der Waals surface area (Å²) in [5.41, 5.74) is -1.06. The number of ketones is 1. The van der Waals surface area contributed by atoms with E-state index in [1.165, 1.54) is 0 Å². The monoisotopic (exact) mass is 384 g/mol. The van der Waals surface area contributed by atoms with Crippen LogP contribution in [-0.2, 0) is 14.8 Å². The third kappa shape index (κ3) is 2.96. The molecule has 1 heterocycles. The minimum atomic E-state index is -3.52. The first-order chi connectivity index (χ1) is 11.6. The Morgan fingerprint density at radius 1 is 1.08 bits per heavy atom. The fraction of sp³-hybridized carbons (Fsp3) is 0.950. The van der Waals surface area contributed by atoms with E-state index >= 15 is 0 Å². The van der Waals surface area contributed by atoms with E-state index in [1.807, 2.05) is 0 Å². The number of likely N-dealkylation sites (tertiary alicyclic amines) is 1. The predicted molar refractivity (Wildman–Crippen MR) is 104 cm³/mol. The molecule has 150 valence electrons. The second-order valence-electron chi connectivity index (χ2n) is 10.8. The molecule has 3 fully saturated rings. The van der Waals surface area contributed by atoms with E-state index in [2.05, 4.69) is 58.2 Å². The van der Waals surface area contributed by atoms with Gasteiger partial charge in [-0.1, -0.05) is 13.8 Å². The molecule has 0 amide bonds. The molecule has 0 radical (unpaired) electrons. The molecule has 3 rings (SSSR count). The number of rotatable bonds is 4. The van der Waals surface area contributed by atoms with Gasteiger partial charge in [-0.2, -0.15) is 0 Å². The van der Waals surface area contributed by atoms with Crippen molar-refractivity contribution < 1.29 is 13.2 Å². The van der Waals surface area contributed by atoms with Crippen molar-refractivity contribution in [2.24, 2.45) is 16.7 Å².